The second-order valence-corrected chi connectivity index (χ2v) is 14.0. The van der Waals surface area contributed by atoms with E-state index in [9.17, 15) is 0 Å². The molecule has 0 saturated carbocycles. The van der Waals surface area contributed by atoms with Crippen molar-refractivity contribution in [2.45, 2.75) is 38.6 Å². The molecule has 0 N–H and O–H groups in total. The van der Waals surface area contributed by atoms with E-state index in [-0.39, 0.29) is 12.0 Å². The fourth-order valence-electron chi connectivity index (χ4n) is 7.81. The zero-order valence-electron chi connectivity index (χ0n) is 25.5. The molecule has 3 heteroatoms. The second-order valence-electron chi connectivity index (χ2n) is 11.9. The average molecular weight is 616 g/mol. The topological polar surface area (TPSA) is 3.24 Å². The Labute approximate surface area is 272 Å². The van der Waals surface area contributed by atoms with Gasteiger partial charge in [-0.05, 0) is 81.8 Å². The summed E-state index contributed by atoms with van der Waals surface area (Å²) in [5.74, 6) is 0.259. The van der Waals surface area contributed by atoms with Gasteiger partial charge in [0.2, 0.25) is 0 Å². The molecule has 0 bridgehead atoms. The molecule has 0 spiro atoms. The molecule has 2 aromatic heterocycles. The lowest BCUT2D eigenvalue weighted by molar-refractivity contribution is 0.657. The van der Waals surface area contributed by atoms with E-state index in [1.54, 1.807) is 0 Å². The van der Waals surface area contributed by atoms with Gasteiger partial charge in [0.05, 0.1) is 6.04 Å². The first-order valence-electron chi connectivity index (χ1n) is 16.2. The van der Waals surface area contributed by atoms with Gasteiger partial charge in [0.25, 0.3) is 0 Å². The van der Waals surface area contributed by atoms with Crippen LogP contribution in [-0.2, 0) is 0 Å². The monoisotopic (exact) mass is 615 g/mol. The normalized spacial score (nSPS) is 17.2. The van der Waals surface area contributed by atoms with Crippen molar-refractivity contribution in [3.8, 4) is 22.3 Å². The van der Waals surface area contributed by atoms with Crippen LogP contribution in [0.4, 0.5) is 10.7 Å². The van der Waals surface area contributed by atoms with Crippen molar-refractivity contribution in [2.24, 2.45) is 0 Å². The summed E-state index contributed by atoms with van der Waals surface area (Å²) >= 11 is 3.87. The lowest BCUT2D eigenvalue weighted by atomic mass is 9.79. The summed E-state index contributed by atoms with van der Waals surface area (Å²) in [6.07, 6.45) is 7.18. The van der Waals surface area contributed by atoms with E-state index < -0.39 is 0 Å². The van der Waals surface area contributed by atoms with Gasteiger partial charge in [-0.2, -0.15) is 0 Å². The molecule has 0 radical (unpaired) electrons. The van der Waals surface area contributed by atoms with Crippen molar-refractivity contribution in [3.05, 3.63) is 142 Å². The molecule has 3 aliphatic rings. The maximum atomic E-state index is 2.69. The third-order valence-corrected chi connectivity index (χ3v) is 12.0. The number of hydrogen-bond acceptors (Lipinski definition) is 3. The van der Waals surface area contributed by atoms with Gasteiger partial charge < -0.3 is 4.90 Å². The van der Waals surface area contributed by atoms with Crippen molar-refractivity contribution in [2.75, 3.05) is 4.90 Å². The minimum absolute atomic E-state index is 0.202. The van der Waals surface area contributed by atoms with Crippen LogP contribution >= 0.6 is 22.7 Å². The third-order valence-electron chi connectivity index (χ3n) is 9.65. The Morgan fingerprint density at radius 2 is 1.36 bits per heavy atom. The van der Waals surface area contributed by atoms with Gasteiger partial charge in [0.15, 0.2) is 0 Å². The highest BCUT2D eigenvalue weighted by Gasteiger charge is 2.46. The number of nitrogens with zero attached hydrogens (tertiary/aromatic N) is 1. The van der Waals surface area contributed by atoms with Gasteiger partial charge in [-0.1, -0.05) is 111 Å². The average Bonchev–Trinajstić information content (AvgIpc) is 3.79. The maximum Gasteiger partial charge on any atom is 0.105 e. The predicted octanol–water partition coefficient (Wildman–Crippen LogP) is 11.2. The maximum absolute atomic E-state index is 2.69. The molecular weight excluding hydrogens is 583 g/mol. The quantitative estimate of drug-likeness (QED) is 0.187. The first-order chi connectivity index (χ1) is 22.3. The summed E-state index contributed by atoms with van der Waals surface area (Å²) in [6, 6.07) is 43.6. The molecule has 1 aliphatic carbocycles. The molecule has 4 heterocycles. The van der Waals surface area contributed by atoms with Crippen LogP contribution < -0.4 is 14.7 Å². The Bertz CT molecular complexity index is 2380. The number of thiophene rings is 2. The van der Waals surface area contributed by atoms with Crippen LogP contribution in [0.3, 0.4) is 0 Å². The lowest BCUT2D eigenvalue weighted by Crippen LogP contribution is -2.29. The Balaban J connectivity index is 0.00000138. The molecule has 45 heavy (non-hydrogen) atoms. The Hall–Kier alpha value is -4.44. The first-order valence-corrected chi connectivity index (χ1v) is 17.8. The second kappa shape index (κ2) is 10.6. The van der Waals surface area contributed by atoms with Crippen LogP contribution in [0.25, 0.3) is 54.6 Å². The van der Waals surface area contributed by atoms with Crippen LogP contribution in [0.2, 0.25) is 0 Å². The van der Waals surface area contributed by atoms with Crippen molar-refractivity contribution in [1.82, 2.24) is 0 Å². The first kappa shape index (κ1) is 26.9. The number of fused-ring (bicyclic) bond motifs is 13. The SMILES string of the molecule is C1=c2sc3c(c2=CCC1)-c1ccc(-c2ccc4sc5ccccc5c4c2)cc1C1C(c2ccccc2)c2ccccc2N31.CC. The summed E-state index contributed by atoms with van der Waals surface area (Å²) < 4.78 is 4.14. The molecule has 2 unspecified atom stereocenters. The number of benzene rings is 5. The molecule has 7 aromatic rings. The van der Waals surface area contributed by atoms with Crippen molar-refractivity contribution in [3.63, 3.8) is 0 Å². The van der Waals surface area contributed by atoms with Gasteiger partial charge in [0, 0.05) is 41.9 Å². The van der Waals surface area contributed by atoms with Crippen LogP contribution in [-0.4, -0.2) is 0 Å². The van der Waals surface area contributed by atoms with Gasteiger partial charge in [-0.3, -0.25) is 0 Å². The smallest absolute Gasteiger partial charge is 0.105 e. The number of rotatable bonds is 2. The molecule has 0 amide bonds. The highest BCUT2D eigenvalue weighted by atomic mass is 32.1. The summed E-state index contributed by atoms with van der Waals surface area (Å²) in [6.45, 7) is 4.00. The van der Waals surface area contributed by atoms with Crippen molar-refractivity contribution < 1.29 is 0 Å². The molecule has 1 nitrogen and oxygen atoms in total. The van der Waals surface area contributed by atoms with Crippen LogP contribution in [0, 0.1) is 0 Å². The predicted molar refractivity (Wildman–Crippen MR) is 196 cm³/mol. The molecule has 2 aliphatic heterocycles. The minimum Gasteiger partial charge on any atom is -0.324 e. The largest absolute Gasteiger partial charge is 0.324 e. The minimum atomic E-state index is 0.202. The molecule has 218 valence electrons. The summed E-state index contributed by atoms with van der Waals surface area (Å²) in [5.41, 5.74) is 11.0. The van der Waals surface area contributed by atoms with Gasteiger partial charge in [0.1, 0.15) is 5.00 Å². The highest BCUT2D eigenvalue weighted by Crippen LogP contribution is 2.61. The molecule has 0 saturated heterocycles. The summed E-state index contributed by atoms with van der Waals surface area (Å²) in [7, 11) is 0. The molecule has 10 rings (SSSR count). The number of hydrogen-bond donors (Lipinski definition) is 0. The fraction of sp³-hybridized carbons (Fsp3) is 0.143. The molecule has 2 atom stereocenters. The zero-order chi connectivity index (χ0) is 30.1. The summed E-state index contributed by atoms with van der Waals surface area (Å²) in [5, 5.41) is 5.55. The van der Waals surface area contributed by atoms with Crippen molar-refractivity contribution in [1.29, 1.82) is 0 Å². The molecule has 0 fully saturated rings. The van der Waals surface area contributed by atoms with Crippen LogP contribution in [0.15, 0.2) is 115 Å². The highest BCUT2D eigenvalue weighted by molar-refractivity contribution is 7.25. The van der Waals surface area contributed by atoms with Crippen LogP contribution in [0.5, 0.6) is 0 Å². The Kier molecular flexibility index (Phi) is 6.33. The fourth-order valence-corrected chi connectivity index (χ4v) is 10.2. The summed E-state index contributed by atoms with van der Waals surface area (Å²) in [4.78, 5) is 2.69. The Morgan fingerprint density at radius 3 is 2.27 bits per heavy atom. The zero-order valence-corrected chi connectivity index (χ0v) is 27.1. The number of para-hydroxylation sites is 1. The van der Waals surface area contributed by atoms with E-state index in [0.717, 1.165) is 12.8 Å². The third kappa shape index (κ3) is 3.97. The van der Waals surface area contributed by atoms with E-state index in [1.807, 2.05) is 36.5 Å². The molecular formula is C42H33NS2. The van der Waals surface area contributed by atoms with E-state index in [0.29, 0.717) is 0 Å². The van der Waals surface area contributed by atoms with Crippen molar-refractivity contribution >= 4 is 65.7 Å². The lowest BCUT2D eigenvalue weighted by Gasteiger charge is -2.37. The number of anilines is 2. The van der Waals surface area contributed by atoms with E-state index in [4.69, 9.17) is 0 Å². The van der Waals surface area contributed by atoms with Gasteiger partial charge >= 0.3 is 0 Å². The Morgan fingerprint density at radius 1 is 0.622 bits per heavy atom. The van der Waals surface area contributed by atoms with Gasteiger partial charge in [-0.25, -0.2) is 0 Å². The van der Waals surface area contributed by atoms with E-state index >= 15 is 0 Å². The molecule has 5 aromatic carbocycles. The van der Waals surface area contributed by atoms with E-state index in [2.05, 4.69) is 132 Å². The van der Waals surface area contributed by atoms with Gasteiger partial charge in [-0.15, -0.1) is 22.7 Å². The van der Waals surface area contributed by atoms with E-state index in [1.165, 1.54) is 79.6 Å². The standard InChI is InChI=1S/C40H27NS2.C2H6/c1-2-10-24(11-3-1)37-29-13-4-7-15-33(29)41-39(37)32-23-25(18-20-28(32)38-30-14-6-9-17-35(30)43-40(38)41)26-19-21-36-31(22-26)27-12-5-8-16-34(27)42-36;1-2/h1-5,7-8,10-23,37,39H,6,9H2;1-2H3. The van der Waals surface area contributed by atoms with Crippen LogP contribution in [0.1, 0.15) is 55.3 Å².